The molecule has 4 aromatic carbocycles. The zero-order valence-electron chi connectivity index (χ0n) is 44.1. The van der Waals surface area contributed by atoms with Gasteiger partial charge in [-0.15, -0.1) is 57.5 Å². The van der Waals surface area contributed by atoms with E-state index in [0.29, 0.717) is 59.4 Å². The van der Waals surface area contributed by atoms with Crippen LogP contribution in [0.3, 0.4) is 0 Å². The molecule has 2 amide bonds. The average molecular weight is 1180 g/mol. The number of alkyl carbamates (subject to hydrolysis) is 1. The van der Waals surface area contributed by atoms with Gasteiger partial charge in [-0.05, 0) is 61.0 Å². The van der Waals surface area contributed by atoms with Crippen LogP contribution in [0.2, 0.25) is 0 Å². The zero-order valence-corrected chi connectivity index (χ0v) is 49.1. The fraction of sp³-hybridized carbons (Fsp3) is 0.241. The van der Waals surface area contributed by atoms with Crippen LogP contribution in [0.4, 0.5) is 4.79 Å². The zero-order chi connectivity index (χ0) is 55.8. The quantitative estimate of drug-likeness (QED) is 0.0335. The first kappa shape index (κ1) is 56.1. The number of carbonyl (C=O) groups excluding carboxylic acids is 4. The Hall–Kier alpha value is -7.18. The van der Waals surface area contributed by atoms with Crippen LogP contribution < -0.4 is 26.2 Å². The number of thioether (sulfide) groups is 2. The lowest BCUT2D eigenvalue weighted by Gasteiger charge is -2.34. The molecule has 4 atom stereocenters. The Labute approximate surface area is 484 Å². The number of carbonyl (C=O) groups is 4. The predicted molar refractivity (Wildman–Crippen MR) is 320 cm³/mol. The Morgan fingerprint density at radius 1 is 0.637 bits per heavy atom. The Balaban J connectivity index is 0.923. The number of amides is 2. The van der Waals surface area contributed by atoms with Crippen molar-refractivity contribution in [2.75, 3.05) is 25.2 Å². The molecule has 0 saturated heterocycles. The summed E-state index contributed by atoms with van der Waals surface area (Å²) in [5, 5.41) is 18.0. The molecule has 4 aromatic heterocycles. The van der Waals surface area contributed by atoms with Crippen molar-refractivity contribution < 1.29 is 37.8 Å². The van der Waals surface area contributed by atoms with Crippen molar-refractivity contribution in [3.05, 3.63) is 183 Å². The first-order chi connectivity index (χ1) is 38.7. The van der Waals surface area contributed by atoms with Gasteiger partial charge in [0.15, 0.2) is 6.04 Å². The third-order valence-electron chi connectivity index (χ3n) is 12.6. The molecule has 0 aliphatic carbocycles. The Morgan fingerprint density at radius 3 is 1.75 bits per heavy atom. The number of pyridine rings is 1. The van der Waals surface area contributed by atoms with Crippen molar-refractivity contribution in [2.24, 2.45) is 9.98 Å². The van der Waals surface area contributed by atoms with E-state index in [2.05, 4.69) is 52.0 Å². The predicted octanol–water partition coefficient (Wildman–Crippen LogP) is 9.17. The summed E-state index contributed by atoms with van der Waals surface area (Å²) in [5.74, 6) is -0.451. The molecular weight excluding hydrogens is 1130 g/mol. The van der Waals surface area contributed by atoms with Gasteiger partial charge in [-0.2, -0.15) is 0 Å². The van der Waals surface area contributed by atoms with Crippen LogP contribution in [0.1, 0.15) is 77.8 Å². The van der Waals surface area contributed by atoms with E-state index < -0.39 is 50.1 Å². The number of nitrogens with zero attached hydrogens (tertiary/aromatic N) is 6. The van der Waals surface area contributed by atoms with Crippen LogP contribution in [-0.2, 0) is 34.8 Å². The van der Waals surface area contributed by atoms with Crippen LogP contribution in [0.25, 0.3) is 21.4 Å². The SMILES string of the molecule is COC(=O)[C@H]1CSC(c2csc(-c3csc(C(CO[Si](c4ccccc4)(c4ccccc4)c4ccccc4)NC(=O)[C@H]4CSC(c5csc(-c6ccc(C(=O)OCc7ccccc7)c([C@@H](C)NC(=O)OC(C)(C)C)n6)n5)=N4)n3)n2)=N1. The number of ether oxygens (including phenoxy) is 3. The summed E-state index contributed by atoms with van der Waals surface area (Å²) >= 11 is 7.05. The van der Waals surface area contributed by atoms with Gasteiger partial charge in [-0.3, -0.25) is 14.8 Å². The number of thiazole rings is 3. The van der Waals surface area contributed by atoms with Gasteiger partial charge in [0.1, 0.15) is 66.5 Å². The number of rotatable bonds is 19. The molecule has 1 unspecified atom stereocenters. The molecule has 10 rings (SSSR count). The monoisotopic (exact) mass is 1180 g/mol. The molecule has 22 heteroatoms. The molecule has 408 valence electrons. The third-order valence-corrected chi connectivity index (χ3v) is 21.5. The van der Waals surface area contributed by atoms with Crippen molar-refractivity contribution in [3.63, 3.8) is 0 Å². The highest BCUT2D eigenvalue weighted by atomic mass is 32.2. The Morgan fingerprint density at radius 2 is 1.18 bits per heavy atom. The molecule has 2 aliphatic rings. The maximum absolute atomic E-state index is 14.7. The minimum absolute atomic E-state index is 0.0518. The fourth-order valence-corrected chi connectivity index (χ4v) is 17.3. The van der Waals surface area contributed by atoms with E-state index in [0.717, 1.165) is 21.1 Å². The summed E-state index contributed by atoms with van der Waals surface area (Å²) in [7, 11) is -1.89. The summed E-state index contributed by atoms with van der Waals surface area (Å²) < 4.78 is 23.6. The first-order valence-electron chi connectivity index (χ1n) is 25.4. The second-order valence-corrected chi connectivity index (χ2v) is 27.4. The summed E-state index contributed by atoms with van der Waals surface area (Å²) in [5.41, 5.74) is 2.86. The Kier molecular flexibility index (Phi) is 17.6. The number of hydrogen-bond donors (Lipinski definition) is 2. The van der Waals surface area contributed by atoms with Crippen molar-refractivity contribution >= 4 is 115 Å². The normalized spacial score (nSPS) is 16.0. The molecule has 80 heavy (non-hydrogen) atoms. The summed E-state index contributed by atoms with van der Waals surface area (Å²) in [6, 6.07) is 40.6. The van der Waals surface area contributed by atoms with Gasteiger partial charge in [-0.25, -0.2) is 34.3 Å². The van der Waals surface area contributed by atoms with Gasteiger partial charge < -0.3 is 29.3 Å². The van der Waals surface area contributed by atoms with Gasteiger partial charge in [-0.1, -0.05) is 121 Å². The molecule has 0 radical (unpaired) electrons. The number of methoxy groups -OCH3 is 1. The van der Waals surface area contributed by atoms with E-state index in [1.54, 1.807) is 39.8 Å². The van der Waals surface area contributed by atoms with Crippen molar-refractivity contribution in [3.8, 4) is 21.4 Å². The number of esters is 2. The summed E-state index contributed by atoms with van der Waals surface area (Å²) in [6.45, 7) is 7.15. The van der Waals surface area contributed by atoms with E-state index in [1.165, 1.54) is 64.6 Å². The minimum Gasteiger partial charge on any atom is -0.467 e. The largest absolute Gasteiger partial charge is 0.467 e. The van der Waals surface area contributed by atoms with E-state index in [1.807, 2.05) is 101 Å². The van der Waals surface area contributed by atoms with E-state index in [4.69, 9.17) is 43.6 Å². The highest BCUT2D eigenvalue weighted by molar-refractivity contribution is 8.15. The van der Waals surface area contributed by atoms with E-state index in [9.17, 15) is 19.2 Å². The summed E-state index contributed by atoms with van der Waals surface area (Å²) in [4.78, 5) is 82.8. The van der Waals surface area contributed by atoms with Crippen LogP contribution in [0.15, 0.2) is 160 Å². The molecule has 6 heterocycles. The van der Waals surface area contributed by atoms with Crippen molar-refractivity contribution in [1.82, 2.24) is 30.6 Å². The standard InChI is InChI=1S/C58H54N8O8S5Si/c1-35(59-57(70)74-58(2,3)4)48-40(55(68)72-28-36-18-10-6-11-19-36)26-27-41(60-48)50-63-44(31-76-50)52-62-43(30-75-52)49(67)61-42(51-64-45(32-77-51)53-65-46(33-78-53)54-66-47(34-79-54)56(69)71-5)29-73-80(37-20-12-7-13-21-37,38-22-14-8-15-23-38)39-24-16-9-17-25-39/h6-27,31-33,35,42-43,47H,28-30,34H2,1-5H3,(H,59,70)(H,61,67)/t35-,42?,43-,47-/m1/s1. The van der Waals surface area contributed by atoms with E-state index >= 15 is 0 Å². The molecule has 0 spiro atoms. The highest BCUT2D eigenvalue weighted by Gasteiger charge is 2.43. The number of benzene rings is 4. The molecule has 2 N–H and O–H groups in total. The van der Waals surface area contributed by atoms with Gasteiger partial charge in [0.2, 0.25) is 5.91 Å². The van der Waals surface area contributed by atoms with Gasteiger partial charge in [0.25, 0.3) is 8.32 Å². The van der Waals surface area contributed by atoms with Gasteiger partial charge in [0.05, 0.1) is 36.7 Å². The average Bonchev–Trinajstić information content (AvgIpc) is 4.38. The molecule has 8 aromatic rings. The number of aliphatic imine (C=N–C) groups is 2. The van der Waals surface area contributed by atoms with Crippen molar-refractivity contribution in [2.45, 2.75) is 64.1 Å². The molecular formula is C58H54N8O8S5Si. The summed E-state index contributed by atoms with van der Waals surface area (Å²) in [6.07, 6.45) is -0.665. The van der Waals surface area contributed by atoms with Crippen LogP contribution >= 0.6 is 57.5 Å². The number of aromatic nitrogens is 4. The molecule has 0 saturated carbocycles. The lowest BCUT2D eigenvalue weighted by Crippen LogP contribution is -2.69. The lowest BCUT2D eigenvalue weighted by atomic mass is 10.1. The maximum Gasteiger partial charge on any atom is 0.408 e. The van der Waals surface area contributed by atoms with Gasteiger partial charge in [0, 0.05) is 27.6 Å². The van der Waals surface area contributed by atoms with Gasteiger partial charge >= 0.3 is 18.0 Å². The number of hydrogen-bond acceptors (Lipinski definition) is 19. The minimum atomic E-state index is -3.24. The molecule has 0 fully saturated rings. The Bertz CT molecular complexity index is 3460. The smallest absolute Gasteiger partial charge is 0.408 e. The van der Waals surface area contributed by atoms with Crippen LogP contribution in [0, 0.1) is 0 Å². The molecule has 2 aliphatic heterocycles. The molecule has 16 nitrogen and oxygen atoms in total. The second-order valence-electron chi connectivity index (χ2n) is 19.4. The maximum atomic E-state index is 14.7. The second kappa shape index (κ2) is 25.1. The highest BCUT2D eigenvalue weighted by Crippen LogP contribution is 2.34. The third kappa shape index (κ3) is 13.0. The van der Waals surface area contributed by atoms with Crippen LogP contribution in [0.5, 0.6) is 0 Å². The molecule has 0 bridgehead atoms. The van der Waals surface area contributed by atoms with Crippen LogP contribution in [-0.4, -0.2) is 105 Å². The first-order valence-corrected chi connectivity index (χ1v) is 32.0. The van der Waals surface area contributed by atoms with Crippen molar-refractivity contribution in [1.29, 1.82) is 0 Å². The fourth-order valence-electron chi connectivity index (χ4n) is 8.81. The van der Waals surface area contributed by atoms with E-state index in [-0.39, 0.29) is 36.3 Å². The topological polar surface area (TPSA) is 206 Å². The lowest BCUT2D eigenvalue weighted by molar-refractivity contribution is -0.141. The number of nitrogens with one attached hydrogen (secondary N) is 2.